The number of rotatable bonds is 0. The maximum atomic E-state index is 4.11. The topological polar surface area (TPSA) is 12.4 Å². The van der Waals surface area contributed by atoms with Gasteiger partial charge in [-0.1, -0.05) is 6.08 Å². The number of halogens is 1. The maximum absolute atomic E-state index is 4.11. The summed E-state index contributed by atoms with van der Waals surface area (Å²) in [6, 6.07) is 0.384. The van der Waals surface area contributed by atoms with Crippen LogP contribution in [0.4, 0.5) is 0 Å². The third kappa shape index (κ3) is 1.13. The summed E-state index contributed by atoms with van der Waals surface area (Å²) in [6.45, 7) is 2.05. The number of hydrogen-bond acceptors (Lipinski definition) is 1. The Morgan fingerprint density at radius 3 is 2.71 bits per heavy atom. The third-order valence-electron chi connectivity index (χ3n) is 0.839. The van der Waals surface area contributed by atoms with Crippen LogP contribution in [-0.4, -0.2) is 10.7 Å². The van der Waals surface area contributed by atoms with Crippen LogP contribution >= 0.6 is 15.9 Å². The summed E-state index contributed by atoms with van der Waals surface area (Å²) in [5.74, 6) is 0. The molecule has 0 amide bonds. The van der Waals surface area contributed by atoms with E-state index in [1.807, 2.05) is 19.1 Å². The molecule has 1 rings (SSSR count). The Kier molecular flexibility index (Phi) is 1.28. The Bertz CT molecular complexity index is 126. The van der Waals surface area contributed by atoms with Crippen molar-refractivity contribution >= 4 is 20.6 Å². The normalized spacial score (nSPS) is 28.3. The molecule has 0 fully saturated rings. The largest absolute Gasteiger partial charge is 0.271 e. The second-order valence-electron chi connectivity index (χ2n) is 1.55. The summed E-state index contributed by atoms with van der Waals surface area (Å²) in [7, 11) is 0. The van der Waals surface area contributed by atoms with Gasteiger partial charge in [0.25, 0.3) is 0 Å². The molecule has 1 heterocycles. The summed E-state index contributed by atoms with van der Waals surface area (Å²) >= 11 is 3.24. The fourth-order valence-corrected chi connectivity index (χ4v) is 0.975. The SMILES string of the molecule is CC1C=CC(Br)=N1. The Morgan fingerprint density at radius 1 is 1.86 bits per heavy atom. The molecule has 1 nitrogen and oxygen atoms in total. The molecule has 0 N–H and O–H groups in total. The zero-order valence-electron chi connectivity index (χ0n) is 4.06. The molecule has 0 radical (unpaired) electrons. The van der Waals surface area contributed by atoms with E-state index < -0.39 is 0 Å². The summed E-state index contributed by atoms with van der Waals surface area (Å²) < 4.78 is 0.958. The minimum atomic E-state index is 0.384. The van der Waals surface area contributed by atoms with Crippen LogP contribution in [0.1, 0.15) is 6.92 Å². The van der Waals surface area contributed by atoms with E-state index in [0.717, 1.165) is 4.62 Å². The Balaban J connectivity index is 2.69. The highest BCUT2D eigenvalue weighted by Gasteiger charge is 1.99. The fraction of sp³-hybridized carbons (Fsp3) is 0.400. The highest BCUT2D eigenvalue weighted by molar-refractivity contribution is 9.18. The minimum Gasteiger partial charge on any atom is -0.271 e. The van der Waals surface area contributed by atoms with E-state index in [2.05, 4.69) is 20.9 Å². The Labute approximate surface area is 51.3 Å². The molecule has 0 spiro atoms. The smallest absolute Gasteiger partial charge is 0.101 e. The predicted octanol–water partition coefficient (Wildman–Crippen LogP) is 1.74. The van der Waals surface area contributed by atoms with Gasteiger partial charge in [-0.05, 0) is 28.9 Å². The maximum Gasteiger partial charge on any atom is 0.101 e. The summed E-state index contributed by atoms with van der Waals surface area (Å²) in [6.07, 6.45) is 4.01. The van der Waals surface area contributed by atoms with Crippen LogP contribution in [0.5, 0.6) is 0 Å². The summed E-state index contributed by atoms with van der Waals surface area (Å²) in [5, 5.41) is 0. The van der Waals surface area contributed by atoms with Crippen molar-refractivity contribution in [3.63, 3.8) is 0 Å². The van der Waals surface area contributed by atoms with Crippen molar-refractivity contribution < 1.29 is 0 Å². The van der Waals surface area contributed by atoms with Crippen LogP contribution in [0.3, 0.4) is 0 Å². The van der Waals surface area contributed by atoms with E-state index in [-0.39, 0.29) is 0 Å². The monoisotopic (exact) mass is 159 g/mol. The lowest BCUT2D eigenvalue weighted by Crippen LogP contribution is -1.84. The zero-order valence-corrected chi connectivity index (χ0v) is 5.64. The van der Waals surface area contributed by atoms with Crippen molar-refractivity contribution in [1.29, 1.82) is 0 Å². The van der Waals surface area contributed by atoms with Crippen molar-refractivity contribution in [3.8, 4) is 0 Å². The average molecular weight is 160 g/mol. The molecule has 1 atom stereocenters. The predicted molar refractivity (Wildman–Crippen MR) is 35.0 cm³/mol. The summed E-state index contributed by atoms with van der Waals surface area (Å²) in [5.41, 5.74) is 0. The molecule has 0 aromatic carbocycles. The highest BCUT2D eigenvalue weighted by Crippen LogP contribution is 2.06. The van der Waals surface area contributed by atoms with Crippen LogP contribution in [0.15, 0.2) is 17.1 Å². The first-order valence-electron chi connectivity index (χ1n) is 2.20. The third-order valence-corrected chi connectivity index (χ3v) is 1.31. The Hall–Kier alpha value is -0.110. The second-order valence-corrected chi connectivity index (χ2v) is 2.36. The van der Waals surface area contributed by atoms with Crippen LogP contribution in [-0.2, 0) is 0 Å². The van der Waals surface area contributed by atoms with Gasteiger partial charge in [0.15, 0.2) is 0 Å². The van der Waals surface area contributed by atoms with Gasteiger partial charge in [0, 0.05) is 0 Å². The highest BCUT2D eigenvalue weighted by atomic mass is 79.9. The quantitative estimate of drug-likeness (QED) is 0.511. The van der Waals surface area contributed by atoms with Crippen LogP contribution < -0.4 is 0 Å². The van der Waals surface area contributed by atoms with Crippen LogP contribution in [0.25, 0.3) is 0 Å². The molecule has 0 saturated carbocycles. The van der Waals surface area contributed by atoms with Gasteiger partial charge in [-0.2, -0.15) is 0 Å². The van der Waals surface area contributed by atoms with Gasteiger partial charge < -0.3 is 0 Å². The van der Waals surface area contributed by atoms with Crippen LogP contribution in [0, 0.1) is 0 Å². The lowest BCUT2D eigenvalue weighted by atomic mass is 10.4. The minimum absolute atomic E-state index is 0.384. The molecule has 0 bridgehead atoms. The molecule has 7 heavy (non-hydrogen) atoms. The van der Waals surface area contributed by atoms with E-state index in [9.17, 15) is 0 Å². The van der Waals surface area contributed by atoms with Gasteiger partial charge >= 0.3 is 0 Å². The zero-order chi connectivity index (χ0) is 5.28. The summed E-state index contributed by atoms with van der Waals surface area (Å²) in [4.78, 5) is 4.11. The number of aliphatic imine (C=N–C) groups is 1. The van der Waals surface area contributed by atoms with Gasteiger partial charge in [0.2, 0.25) is 0 Å². The molecule has 0 aliphatic carbocycles. The van der Waals surface area contributed by atoms with E-state index in [4.69, 9.17) is 0 Å². The van der Waals surface area contributed by atoms with E-state index in [0.29, 0.717) is 6.04 Å². The first kappa shape index (κ1) is 5.04. The second kappa shape index (κ2) is 1.78. The first-order chi connectivity index (χ1) is 3.29. The fourth-order valence-electron chi connectivity index (χ4n) is 0.499. The molecule has 38 valence electrons. The molecule has 0 aromatic rings. The lowest BCUT2D eigenvalue weighted by Gasteiger charge is -1.85. The number of nitrogens with zero attached hydrogens (tertiary/aromatic N) is 1. The molecule has 1 unspecified atom stereocenters. The number of hydrogen-bond donors (Lipinski definition) is 0. The molecule has 0 saturated heterocycles. The Morgan fingerprint density at radius 2 is 2.57 bits per heavy atom. The molecule has 2 heteroatoms. The van der Waals surface area contributed by atoms with Crippen molar-refractivity contribution in [1.82, 2.24) is 0 Å². The molecule has 1 aliphatic heterocycles. The van der Waals surface area contributed by atoms with Crippen molar-refractivity contribution in [2.45, 2.75) is 13.0 Å². The average Bonchev–Trinajstić information content (AvgIpc) is 1.87. The molecular formula is C5H6BrN. The van der Waals surface area contributed by atoms with E-state index in [1.165, 1.54) is 0 Å². The van der Waals surface area contributed by atoms with Gasteiger partial charge in [0.1, 0.15) is 4.62 Å². The van der Waals surface area contributed by atoms with Gasteiger partial charge in [-0.25, -0.2) is 0 Å². The van der Waals surface area contributed by atoms with Crippen LogP contribution in [0.2, 0.25) is 0 Å². The molecule has 1 aliphatic rings. The number of allylic oxidation sites excluding steroid dienone is 1. The first-order valence-corrected chi connectivity index (χ1v) is 3.00. The van der Waals surface area contributed by atoms with E-state index >= 15 is 0 Å². The van der Waals surface area contributed by atoms with E-state index in [1.54, 1.807) is 0 Å². The standard InChI is InChI=1S/C5H6BrN/c1-4-2-3-5(6)7-4/h2-4H,1H3. The van der Waals surface area contributed by atoms with Gasteiger partial charge in [-0.15, -0.1) is 0 Å². The lowest BCUT2D eigenvalue weighted by molar-refractivity contribution is 0.949. The van der Waals surface area contributed by atoms with Gasteiger partial charge in [-0.3, -0.25) is 4.99 Å². The van der Waals surface area contributed by atoms with Crippen molar-refractivity contribution in [2.24, 2.45) is 4.99 Å². The van der Waals surface area contributed by atoms with Gasteiger partial charge in [0.05, 0.1) is 6.04 Å². The van der Waals surface area contributed by atoms with Crippen molar-refractivity contribution in [2.75, 3.05) is 0 Å². The molecule has 0 aromatic heterocycles. The molecular weight excluding hydrogens is 154 g/mol. The van der Waals surface area contributed by atoms with Crippen molar-refractivity contribution in [3.05, 3.63) is 12.2 Å².